The fourth-order valence-electron chi connectivity index (χ4n) is 2.64. The molecule has 0 fully saturated rings. The van der Waals surface area contributed by atoms with Gasteiger partial charge in [-0.25, -0.2) is 0 Å². The van der Waals surface area contributed by atoms with Gasteiger partial charge in [0, 0.05) is 19.6 Å². The highest BCUT2D eigenvalue weighted by Gasteiger charge is 2.14. The zero-order chi connectivity index (χ0) is 17.2. The smallest absolute Gasteiger partial charge is 0.118 e. The highest BCUT2D eigenvalue weighted by Crippen LogP contribution is 2.12. The molecule has 4 heteroatoms. The standard InChI is InChI=1S/C19H33NO3/c1-15(2)10-20(11-16(3)4)12-18(21)14-23-13-17-6-8-19(22-5)9-7-17/h6-9,15-16,18,21H,10-14H2,1-5H3/t18-/m0/s1. The summed E-state index contributed by atoms with van der Waals surface area (Å²) in [6.07, 6.45) is -0.453. The van der Waals surface area contributed by atoms with Crippen LogP contribution in [0.1, 0.15) is 33.3 Å². The van der Waals surface area contributed by atoms with E-state index in [2.05, 4.69) is 32.6 Å². The maximum Gasteiger partial charge on any atom is 0.118 e. The molecule has 0 heterocycles. The third-order valence-electron chi connectivity index (χ3n) is 3.45. The molecule has 0 aliphatic rings. The molecule has 4 nitrogen and oxygen atoms in total. The van der Waals surface area contributed by atoms with Crippen molar-refractivity contribution in [1.82, 2.24) is 4.90 Å². The normalized spacial score (nSPS) is 13.1. The molecule has 0 saturated heterocycles. The summed E-state index contributed by atoms with van der Waals surface area (Å²) in [7, 11) is 1.65. The van der Waals surface area contributed by atoms with Gasteiger partial charge in [-0.05, 0) is 29.5 Å². The molecule has 0 spiro atoms. The highest BCUT2D eigenvalue weighted by molar-refractivity contribution is 5.26. The molecule has 1 aromatic rings. The van der Waals surface area contributed by atoms with E-state index in [1.54, 1.807) is 7.11 Å². The minimum Gasteiger partial charge on any atom is -0.497 e. The van der Waals surface area contributed by atoms with Crippen molar-refractivity contribution in [2.45, 2.75) is 40.4 Å². The van der Waals surface area contributed by atoms with Gasteiger partial charge in [0.15, 0.2) is 0 Å². The lowest BCUT2D eigenvalue weighted by Crippen LogP contribution is -2.39. The van der Waals surface area contributed by atoms with Crippen LogP contribution >= 0.6 is 0 Å². The quantitative estimate of drug-likeness (QED) is 0.679. The van der Waals surface area contributed by atoms with Gasteiger partial charge < -0.3 is 19.5 Å². The van der Waals surface area contributed by atoms with Crippen LogP contribution in [-0.4, -0.2) is 49.5 Å². The first-order valence-electron chi connectivity index (χ1n) is 8.51. The second-order valence-corrected chi connectivity index (χ2v) is 7.02. The Morgan fingerprint density at radius 1 is 0.957 bits per heavy atom. The maximum absolute atomic E-state index is 10.2. The Kier molecular flexibility index (Phi) is 9.22. The molecule has 0 amide bonds. The average molecular weight is 323 g/mol. The van der Waals surface area contributed by atoms with Crippen molar-refractivity contribution in [3.8, 4) is 5.75 Å². The number of benzene rings is 1. The zero-order valence-corrected chi connectivity index (χ0v) is 15.3. The van der Waals surface area contributed by atoms with Gasteiger partial charge in [0.1, 0.15) is 5.75 Å². The van der Waals surface area contributed by atoms with Crippen molar-refractivity contribution in [1.29, 1.82) is 0 Å². The third kappa shape index (κ3) is 8.94. The third-order valence-corrected chi connectivity index (χ3v) is 3.45. The summed E-state index contributed by atoms with van der Waals surface area (Å²) in [5, 5.41) is 10.2. The Morgan fingerprint density at radius 3 is 2.00 bits per heavy atom. The predicted octanol–water partition coefficient (Wildman–Crippen LogP) is 3.19. The van der Waals surface area contributed by atoms with E-state index in [1.165, 1.54) is 0 Å². The number of aliphatic hydroxyl groups excluding tert-OH is 1. The predicted molar refractivity (Wildman–Crippen MR) is 94.8 cm³/mol. The van der Waals surface area contributed by atoms with Gasteiger partial charge in [0.05, 0.1) is 26.4 Å². The van der Waals surface area contributed by atoms with Crippen molar-refractivity contribution in [2.75, 3.05) is 33.4 Å². The fraction of sp³-hybridized carbons (Fsp3) is 0.684. The number of hydrogen-bond donors (Lipinski definition) is 1. The number of rotatable bonds is 11. The first-order chi connectivity index (χ1) is 10.9. The molecule has 0 bridgehead atoms. The van der Waals surface area contributed by atoms with E-state index >= 15 is 0 Å². The number of nitrogens with zero attached hydrogens (tertiary/aromatic N) is 1. The second kappa shape index (κ2) is 10.6. The minimum atomic E-state index is -0.453. The Hall–Kier alpha value is -1.10. The monoisotopic (exact) mass is 323 g/mol. The van der Waals surface area contributed by atoms with E-state index in [0.29, 0.717) is 31.6 Å². The molecule has 0 aliphatic carbocycles. The van der Waals surface area contributed by atoms with Crippen LogP contribution in [0.4, 0.5) is 0 Å². The van der Waals surface area contributed by atoms with Crippen LogP contribution in [0.2, 0.25) is 0 Å². The summed E-state index contributed by atoms with van der Waals surface area (Å²) < 4.78 is 10.8. The van der Waals surface area contributed by atoms with E-state index in [-0.39, 0.29) is 0 Å². The second-order valence-electron chi connectivity index (χ2n) is 7.02. The Morgan fingerprint density at radius 2 is 1.52 bits per heavy atom. The van der Waals surface area contributed by atoms with Gasteiger partial charge in [0.25, 0.3) is 0 Å². The van der Waals surface area contributed by atoms with Crippen molar-refractivity contribution in [3.05, 3.63) is 29.8 Å². The van der Waals surface area contributed by atoms with E-state index < -0.39 is 6.10 Å². The van der Waals surface area contributed by atoms with Crippen LogP contribution in [0.3, 0.4) is 0 Å². The van der Waals surface area contributed by atoms with Crippen LogP contribution in [-0.2, 0) is 11.3 Å². The minimum absolute atomic E-state index is 0.360. The molecule has 1 N–H and O–H groups in total. The van der Waals surface area contributed by atoms with Gasteiger partial charge in [-0.1, -0.05) is 39.8 Å². The first-order valence-corrected chi connectivity index (χ1v) is 8.51. The number of methoxy groups -OCH3 is 1. The molecule has 23 heavy (non-hydrogen) atoms. The van der Waals surface area contributed by atoms with Crippen molar-refractivity contribution in [2.24, 2.45) is 11.8 Å². The van der Waals surface area contributed by atoms with Crippen LogP contribution < -0.4 is 4.74 Å². The number of aliphatic hydroxyl groups is 1. The SMILES string of the molecule is COc1ccc(COC[C@@H](O)CN(CC(C)C)CC(C)C)cc1. The summed E-state index contributed by atoms with van der Waals surface area (Å²) in [6, 6.07) is 7.80. The van der Waals surface area contributed by atoms with Crippen LogP contribution in [0.5, 0.6) is 5.75 Å². The zero-order valence-electron chi connectivity index (χ0n) is 15.3. The molecule has 1 rings (SSSR count). The molecule has 0 radical (unpaired) electrons. The molecule has 132 valence electrons. The van der Waals surface area contributed by atoms with Gasteiger partial charge in [-0.2, -0.15) is 0 Å². The molecule has 0 aromatic heterocycles. The molecule has 0 unspecified atom stereocenters. The largest absolute Gasteiger partial charge is 0.497 e. The average Bonchev–Trinajstić information content (AvgIpc) is 2.46. The van der Waals surface area contributed by atoms with Gasteiger partial charge in [0.2, 0.25) is 0 Å². The first kappa shape index (κ1) is 19.9. The number of ether oxygens (including phenoxy) is 2. The number of hydrogen-bond acceptors (Lipinski definition) is 4. The lowest BCUT2D eigenvalue weighted by atomic mass is 10.1. The van der Waals surface area contributed by atoms with Crippen molar-refractivity contribution >= 4 is 0 Å². The van der Waals surface area contributed by atoms with Crippen LogP contribution in [0, 0.1) is 11.8 Å². The Balaban J connectivity index is 2.34. The maximum atomic E-state index is 10.2. The molecule has 0 aliphatic heterocycles. The highest BCUT2D eigenvalue weighted by atomic mass is 16.5. The molecular weight excluding hydrogens is 290 g/mol. The fourth-order valence-corrected chi connectivity index (χ4v) is 2.64. The van der Waals surface area contributed by atoms with E-state index in [9.17, 15) is 5.11 Å². The Labute approximate surface area is 141 Å². The molecular formula is C19H33NO3. The summed E-state index contributed by atoms with van der Waals surface area (Å²) in [5.41, 5.74) is 1.08. The van der Waals surface area contributed by atoms with Crippen LogP contribution in [0.15, 0.2) is 24.3 Å². The summed E-state index contributed by atoms with van der Waals surface area (Å²) in [6.45, 7) is 12.4. The van der Waals surface area contributed by atoms with Crippen LogP contribution in [0.25, 0.3) is 0 Å². The topological polar surface area (TPSA) is 41.9 Å². The lowest BCUT2D eigenvalue weighted by Gasteiger charge is -2.28. The van der Waals surface area contributed by atoms with Crippen molar-refractivity contribution in [3.63, 3.8) is 0 Å². The molecule has 0 saturated carbocycles. The Bertz CT molecular complexity index is 407. The summed E-state index contributed by atoms with van der Waals surface area (Å²) in [4.78, 5) is 2.33. The van der Waals surface area contributed by atoms with E-state index in [0.717, 1.165) is 24.4 Å². The summed E-state index contributed by atoms with van der Waals surface area (Å²) in [5.74, 6) is 2.04. The summed E-state index contributed by atoms with van der Waals surface area (Å²) >= 11 is 0. The van der Waals surface area contributed by atoms with E-state index in [4.69, 9.17) is 9.47 Å². The molecule has 1 aromatic carbocycles. The van der Waals surface area contributed by atoms with Gasteiger partial charge in [-0.3, -0.25) is 0 Å². The van der Waals surface area contributed by atoms with Gasteiger partial charge in [-0.15, -0.1) is 0 Å². The van der Waals surface area contributed by atoms with Gasteiger partial charge >= 0.3 is 0 Å². The molecule has 1 atom stereocenters. The van der Waals surface area contributed by atoms with E-state index in [1.807, 2.05) is 24.3 Å². The van der Waals surface area contributed by atoms with Crippen molar-refractivity contribution < 1.29 is 14.6 Å². The lowest BCUT2D eigenvalue weighted by molar-refractivity contribution is 0.00643.